The van der Waals surface area contributed by atoms with Crippen molar-refractivity contribution in [2.24, 2.45) is 10.9 Å². The largest absolute Gasteiger partial charge is 0.497 e. The van der Waals surface area contributed by atoms with Crippen LogP contribution in [-0.2, 0) is 0 Å². The summed E-state index contributed by atoms with van der Waals surface area (Å²) in [5, 5.41) is 2.20. The number of nitrogens with zero attached hydrogens (tertiary/aromatic N) is 2. The first-order valence-corrected chi connectivity index (χ1v) is 9.24. The predicted molar refractivity (Wildman–Crippen MR) is 98.7 cm³/mol. The Morgan fingerprint density at radius 2 is 1.83 bits per heavy atom. The molecule has 0 amide bonds. The molecular weight excluding hydrogens is 304 g/mol. The maximum absolute atomic E-state index is 5.20. The van der Waals surface area contributed by atoms with Gasteiger partial charge in [-0.25, -0.2) is 4.99 Å². The van der Waals surface area contributed by atoms with Crippen molar-refractivity contribution in [3.63, 3.8) is 0 Å². The first kappa shape index (κ1) is 17.8. The Hall–Kier alpha value is -1.55. The van der Waals surface area contributed by atoms with E-state index in [1.807, 2.05) is 24.3 Å². The summed E-state index contributed by atoms with van der Waals surface area (Å²) in [7, 11) is 1.68. The molecule has 1 aromatic heterocycles. The van der Waals surface area contributed by atoms with E-state index in [0.717, 1.165) is 22.2 Å². The van der Waals surface area contributed by atoms with Gasteiger partial charge in [-0.15, -0.1) is 11.3 Å². The summed E-state index contributed by atoms with van der Waals surface area (Å²) < 4.78 is 7.57. The van der Waals surface area contributed by atoms with Crippen LogP contribution in [0.15, 0.2) is 34.6 Å². The number of methoxy groups -OCH3 is 1. The second kappa shape index (κ2) is 8.34. The molecule has 0 radical (unpaired) electrons. The first-order chi connectivity index (χ1) is 11.0. The van der Waals surface area contributed by atoms with E-state index in [2.05, 4.69) is 37.6 Å². The average Bonchev–Trinajstić information content (AvgIpc) is 2.88. The Morgan fingerprint density at radius 3 is 2.43 bits per heavy atom. The van der Waals surface area contributed by atoms with E-state index in [1.165, 1.54) is 25.0 Å². The molecule has 126 valence electrons. The van der Waals surface area contributed by atoms with E-state index in [9.17, 15) is 0 Å². The van der Waals surface area contributed by atoms with Crippen molar-refractivity contribution in [3.8, 4) is 5.75 Å². The topological polar surface area (TPSA) is 26.5 Å². The Labute approximate surface area is 143 Å². The number of hydrogen-bond donors (Lipinski definition) is 0. The molecule has 0 fully saturated rings. The zero-order valence-electron chi connectivity index (χ0n) is 14.9. The number of hydrogen-bond acceptors (Lipinski definition) is 3. The molecule has 0 bridgehead atoms. The zero-order chi connectivity index (χ0) is 16.8. The van der Waals surface area contributed by atoms with Gasteiger partial charge in [-0.2, -0.15) is 0 Å². The third-order valence-corrected chi connectivity index (χ3v) is 5.02. The van der Waals surface area contributed by atoms with Crippen LogP contribution in [0.3, 0.4) is 0 Å². The molecule has 0 saturated heterocycles. The molecule has 1 heterocycles. The molecule has 0 aliphatic rings. The highest BCUT2D eigenvalue weighted by atomic mass is 32.1. The second-order valence-corrected chi connectivity index (χ2v) is 7.35. The lowest BCUT2D eigenvalue weighted by Crippen LogP contribution is -2.20. The van der Waals surface area contributed by atoms with Crippen LogP contribution in [0.25, 0.3) is 0 Å². The highest BCUT2D eigenvalue weighted by Crippen LogP contribution is 2.20. The van der Waals surface area contributed by atoms with E-state index in [-0.39, 0.29) is 0 Å². The van der Waals surface area contributed by atoms with Crippen molar-refractivity contribution in [2.45, 2.75) is 53.0 Å². The van der Waals surface area contributed by atoms with E-state index in [0.29, 0.717) is 6.04 Å². The van der Waals surface area contributed by atoms with E-state index in [4.69, 9.17) is 9.73 Å². The molecule has 0 aliphatic heterocycles. The van der Waals surface area contributed by atoms with E-state index >= 15 is 0 Å². The molecule has 2 rings (SSSR count). The Kier molecular flexibility index (Phi) is 6.46. The summed E-state index contributed by atoms with van der Waals surface area (Å²) in [6.07, 6.45) is 3.76. The molecule has 2 aromatic rings. The fourth-order valence-corrected chi connectivity index (χ4v) is 3.72. The van der Waals surface area contributed by atoms with Gasteiger partial charge in [0.1, 0.15) is 5.75 Å². The summed E-state index contributed by atoms with van der Waals surface area (Å²) in [6.45, 7) is 9.05. The van der Waals surface area contributed by atoms with Crippen LogP contribution in [0.1, 0.15) is 51.8 Å². The average molecular weight is 333 g/mol. The normalized spacial score (nSPS) is 13.6. The minimum atomic E-state index is 0.483. The Morgan fingerprint density at radius 1 is 1.13 bits per heavy atom. The van der Waals surface area contributed by atoms with Crippen molar-refractivity contribution < 1.29 is 4.74 Å². The van der Waals surface area contributed by atoms with Gasteiger partial charge in [0.2, 0.25) is 0 Å². The van der Waals surface area contributed by atoms with Gasteiger partial charge in [0.25, 0.3) is 0 Å². The van der Waals surface area contributed by atoms with Gasteiger partial charge >= 0.3 is 0 Å². The molecule has 0 aliphatic carbocycles. The van der Waals surface area contributed by atoms with Crippen LogP contribution in [0.4, 0.5) is 5.69 Å². The fourth-order valence-electron chi connectivity index (χ4n) is 2.74. The van der Waals surface area contributed by atoms with Crippen molar-refractivity contribution in [2.75, 3.05) is 7.11 Å². The number of rotatable bonds is 7. The molecule has 4 heteroatoms. The van der Waals surface area contributed by atoms with Crippen LogP contribution < -0.4 is 9.54 Å². The van der Waals surface area contributed by atoms with Crippen LogP contribution in [0.5, 0.6) is 5.75 Å². The molecular formula is C19H28N2OS. The Bertz CT molecular complexity index is 667. The molecule has 0 spiro atoms. The quantitative estimate of drug-likeness (QED) is 0.659. The maximum atomic E-state index is 5.20. The van der Waals surface area contributed by atoms with Gasteiger partial charge in [0.05, 0.1) is 12.8 Å². The second-order valence-electron chi connectivity index (χ2n) is 6.51. The number of aryl methyl sites for hydroxylation is 1. The minimum absolute atomic E-state index is 0.483. The maximum Gasteiger partial charge on any atom is 0.190 e. The van der Waals surface area contributed by atoms with Crippen molar-refractivity contribution >= 4 is 17.0 Å². The zero-order valence-corrected chi connectivity index (χ0v) is 15.7. The molecule has 3 nitrogen and oxygen atoms in total. The number of aromatic nitrogens is 1. The van der Waals surface area contributed by atoms with Crippen LogP contribution in [0, 0.1) is 12.8 Å². The molecule has 1 unspecified atom stereocenters. The standard InChI is InChI=1S/C19H28N2OS/c1-14(2)7-6-8-15(3)21-16(4)13-23-19(21)20-17-9-11-18(22-5)12-10-17/h9-15H,6-8H2,1-5H3. The lowest BCUT2D eigenvalue weighted by atomic mass is 10.0. The van der Waals surface area contributed by atoms with Crippen LogP contribution in [-0.4, -0.2) is 11.7 Å². The third-order valence-electron chi connectivity index (χ3n) is 4.06. The lowest BCUT2D eigenvalue weighted by molar-refractivity contribution is 0.415. The number of ether oxygens (including phenoxy) is 1. The lowest BCUT2D eigenvalue weighted by Gasteiger charge is -2.16. The number of benzene rings is 1. The van der Waals surface area contributed by atoms with Crippen LogP contribution >= 0.6 is 11.3 Å². The summed E-state index contributed by atoms with van der Waals surface area (Å²) in [5.41, 5.74) is 2.26. The van der Waals surface area contributed by atoms with E-state index in [1.54, 1.807) is 18.4 Å². The summed E-state index contributed by atoms with van der Waals surface area (Å²) in [5.74, 6) is 1.64. The Balaban J connectivity index is 2.21. The van der Waals surface area contributed by atoms with Gasteiger partial charge in [-0.1, -0.05) is 26.7 Å². The summed E-state index contributed by atoms with van der Waals surface area (Å²) in [4.78, 5) is 5.90. The van der Waals surface area contributed by atoms with Crippen LogP contribution in [0.2, 0.25) is 0 Å². The van der Waals surface area contributed by atoms with Gasteiger partial charge in [0.15, 0.2) is 4.80 Å². The molecule has 23 heavy (non-hydrogen) atoms. The van der Waals surface area contributed by atoms with Crippen molar-refractivity contribution in [1.29, 1.82) is 0 Å². The van der Waals surface area contributed by atoms with Gasteiger partial charge in [-0.05, 0) is 50.5 Å². The molecule has 1 aromatic carbocycles. The fraction of sp³-hybridized carbons (Fsp3) is 0.526. The third kappa shape index (κ3) is 4.96. The highest BCUT2D eigenvalue weighted by Gasteiger charge is 2.10. The first-order valence-electron chi connectivity index (χ1n) is 8.36. The number of thiazole rings is 1. The summed E-state index contributed by atoms with van der Waals surface area (Å²) >= 11 is 1.71. The minimum Gasteiger partial charge on any atom is -0.497 e. The predicted octanol–water partition coefficient (Wildman–Crippen LogP) is 5.49. The molecule has 0 saturated carbocycles. The van der Waals surface area contributed by atoms with Crippen molar-refractivity contribution in [1.82, 2.24) is 4.57 Å². The van der Waals surface area contributed by atoms with Gasteiger partial charge in [0, 0.05) is 17.1 Å². The van der Waals surface area contributed by atoms with Crippen molar-refractivity contribution in [3.05, 3.63) is 40.1 Å². The molecule has 0 N–H and O–H groups in total. The van der Waals surface area contributed by atoms with E-state index < -0.39 is 0 Å². The monoisotopic (exact) mass is 332 g/mol. The summed E-state index contributed by atoms with van der Waals surface area (Å²) in [6, 6.07) is 8.39. The highest BCUT2D eigenvalue weighted by molar-refractivity contribution is 7.07. The SMILES string of the molecule is COc1ccc(N=c2scc(C)n2C(C)CCCC(C)C)cc1. The van der Waals surface area contributed by atoms with Gasteiger partial charge < -0.3 is 9.30 Å². The smallest absolute Gasteiger partial charge is 0.190 e. The molecule has 1 atom stereocenters. The van der Waals surface area contributed by atoms with Gasteiger partial charge in [-0.3, -0.25) is 0 Å².